The minimum absolute atomic E-state index is 0.174. The van der Waals surface area contributed by atoms with E-state index >= 15 is 0 Å². The first kappa shape index (κ1) is 17.1. The van der Waals surface area contributed by atoms with E-state index in [0.29, 0.717) is 13.0 Å². The SMILES string of the molecule is CCOc1ccc(CC(=O)N(CC)CCc2ccccc2)cc1. The Morgan fingerprint density at radius 3 is 2.26 bits per heavy atom. The Kier molecular flexibility index (Phi) is 6.67. The van der Waals surface area contributed by atoms with Crippen LogP contribution in [-0.4, -0.2) is 30.5 Å². The van der Waals surface area contributed by atoms with Gasteiger partial charge in [0, 0.05) is 13.1 Å². The predicted octanol–water partition coefficient (Wildman–Crippen LogP) is 3.72. The summed E-state index contributed by atoms with van der Waals surface area (Å²) in [6.07, 6.45) is 1.33. The van der Waals surface area contributed by atoms with E-state index in [9.17, 15) is 4.79 Å². The van der Waals surface area contributed by atoms with Crippen LogP contribution in [0, 0.1) is 0 Å². The van der Waals surface area contributed by atoms with Gasteiger partial charge in [0.15, 0.2) is 0 Å². The summed E-state index contributed by atoms with van der Waals surface area (Å²) in [5.41, 5.74) is 2.29. The Bertz CT molecular complexity index is 593. The molecule has 0 unspecified atom stereocenters. The fourth-order valence-corrected chi connectivity index (χ4v) is 2.52. The van der Waals surface area contributed by atoms with Crippen molar-refractivity contribution in [3.8, 4) is 5.75 Å². The normalized spacial score (nSPS) is 10.3. The third kappa shape index (κ3) is 5.44. The van der Waals surface area contributed by atoms with E-state index in [2.05, 4.69) is 12.1 Å². The molecule has 0 N–H and O–H groups in total. The van der Waals surface area contributed by atoms with Gasteiger partial charge in [-0.3, -0.25) is 4.79 Å². The van der Waals surface area contributed by atoms with Crippen LogP contribution in [0.15, 0.2) is 54.6 Å². The van der Waals surface area contributed by atoms with Crippen molar-refractivity contribution in [2.75, 3.05) is 19.7 Å². The van der Waals surface area contributed by atoms with Crippen LogP contribution in [0.1, 0.15) is 25.0 Å². The van der Waals surface area contributed by atoms with E-state index in [1.807, 2.05) is 61.2 Å². The zero-order chi connectivity index (χ0) is 16.5. The molecule has 0 saturated carbocycles. The summed E-state index contributed by atoms with van der Waals surface area (Å²) in [6, 6.07) is 18.1. The minimum Gasteiger partial charge on any atom is -0.494 e. The highest BCUT2D eigenvalue weighted by atomic mass is 16.5. The van der Waals surface area contributed by atoms with Crippen molar-refractivity contribution < 1.29 is 9.53 Å². The first-order valence-electron chi connectivity index (χ1n) is 8.26. The monoisotopic (exact) mass is 311 g/mol. The van der Waals surface area contributed by atoms with Gasteiger partial charge >= 0.3 is 0 Å². The molecule has 0 heterocycles. The van der Waals surface area contributed by atoms with Crippen LogP contribution in [0.2, 0.25) is 0 Å². The molecule has 0 aliphatic carbocycles. The van der Waals surface area contributed by atoms with E-state index < -0.39 is 0 Å². The average Bonchev–Trinajstić information content (AvgIpc) is 2.58. The lowest BCUT2D eigenvalue weighted by atomic mass is 10.1. The second kappa shape index (κ2) is 8.99. The Balaban J connectivity index is 1.89. The van der Waals surface area contributed by atoms with E-state index in [1.54, 1.807) is 0 Å². The number of carbonyl (C=O) groups excluding carboxylic acids is 1. The molecule has 2 aromatic rings. The number of hydrogen-bond donors (Lipinski definition) is 0. The van der Waals surface area contributed by atoms with E-state index in [4.69, 9.17) is 4.74 Å². The molecule has 2 rings (SSSR count). The zero-order valence-electron chi connectivity index (χ0n) is 14.0. The van der Waals surface area contributed by atoms with Crippen LogP contribution in [0.3, 0.4) is 0 Å². The van der Waals surface area contributed by atoms with Gasteiger partial charge in [0.25, 0.3) is 0 Å². The van der Waals surface area contributed by atoms with Crippen LogP contribution < -0.4 is 4.74 Å². The lowest BCUT2D eigenvalue weighted by Crippen LogP contribution is -2.33. The van der Waals surface area contributed by atoms with Gasteiger partial charge in [0.1, 0.15) is 5.75 Å². The molecule has 0 radical (unpaired) electrons. The summed E-state index contributed by atoms with van der Waals surface area (Å²) in [5, 5.41) is 0. The maximum absolute atomic E-state index is 12.5. The maximum Gasteiger partial charge on any atom is 0.226 e. The van der Waals surface area contributed by atoms with Gasteiger partial charge < -0.3 is 9.64 Å². The van der Waals surface area contributed by atoms with Crippen LogP contribution in [0.25, 0.3) is 0 Å². The molecule has 0 bridgehead atoms. The van der Waals surface area contributed by atoms with Crippen molar-refractivity contribution in [3.63, 3.8) is 0 Å². The van der Waals surface area contributed by atoms with Crippen LogP contribution >= 0.6 is 0 Å². The van der Waals surface area contributed by atoms with E-state index in [-0.39, 0.29) is 5.91 Å². The Morgan fingerprint density at radius 1 is 0.957 bits per heavy atom. The lowest BCUT2D eigenvalue weighted by Gasteiger charge is -2.21. The van der Waals surface area contributed by atoms with Gasteiger partial charge in [0.05, 0.1) is 13.0 Å². The quantitative estimate of drug-likeness (QED) is 0.743. The highest BCUT2D eigenvalue weighted by molar-refractivity contribution is 5.78. The third-order valence-corrected chi connectivity index (χ3v) is 3.84. The summed E-state index contributed by atoms with van der Waals surface area (Å²) in [7, 11) is 0. The molecule has 0 spiro atoms. The van der Waals surface area contributed by atoms with Gasteiger partial charge in [-0.15, -0.1) is 0 Å². The summed E-state index contributed by atoms with van der Waals surface area (Å²) in [4.78, 5) is 14.4. The topological polar surface area (TPSA) is 29.5 Å². The number of carbonyl (C=O) groups is 1. The number of rotatable bonds is 8. The molecule has 0 fully saturated rings. The van der Waals surface area contributed by atoms with Crippen LogP contribution in [0.5, 0.6) is 5.75 Å². The summed E-state index contributed by atoms with van der Waals surface area (Å²) in [6.45, 7) is 6.14. The van der Waals surface area contributed by atoms with Crippen molar-refractivity contribution in [3.05, 3.63) is 65.7 Å². The molecule has 23 heavy (non-hydrogen) atoms. The van der Waals surface area contributed by atoms with E-state index in [1.165, 1.54) is 5.56 Å². The molecule has 2 aromatic carbocycles. The number of ether oxygens (including phenoxy) is 1. The number of benzene rings is 2. The molecular formula is C20H25NO2. The molecule has 0 aliphatic heterocycles. The number of amides is 1. The summed E-state index contributed by atoms with van der Waals surface area (Å²) < 4.78 is 5.43. The first-order chi connectivity index (χ1) is 11.2. The fraction of sp³-hybridized carbons (Fsp3) is 0.350. The van der Waals surface area contributed by atoms with Crippen molar-refractivity contribution in [1.29, 1.82) is 0 Å². The maximum atomic E-state index is 12.5. The smallest absolute Gasteiger partial charge is 0.226 e. The molecule has 1 amide bonds. The molecular weight excluding hydrogens is 286 g/mol. The predicted molar refractivity (Wildman–Crippen MR) is 93.7 cm³/mol. The van der Waals surface area contributed by atoms with Crippen LogP contribution in [-0.2, 0) is 17.6 Å². The first-order valence-corrected chi connectivity index (χ1v) is 8.26. The zero-order valence-corrected chi connectivity index (χ0v) is 14.0. The Labute approximate surface area is 138 Å². The second-order valence-electron chi connectivity index (χ2n) is 5.46. The number of hydrogen-bond acceptors (Lipinski definition) is 2. The van der Waals surface area contributed by atoms with Crippen molar-refractivity contribution in [1.82, 2.24) is 4.90 Å². The van der Waals surface area contributed by atoms with E-state index in [0.717, 1.165) is 30.8 Å². The molecule has 3 heteroatoms. The van der Waals surface area contributed by atoms with Gasteiger partial charge in [-0.25, -0.2) is 0 Å². The fourth-order valence-electron chi connectivity index (χ4n) is 2.52. The summed E-state index contributed by atoms with van der Waals surface area (Å²) in [5.74, 6) is 1.02. The average molecular weight is 311 g/mol. The Hall–Kier alpha value is -2.29. The number of likely N-dealkylation sites (N-methyl/N-ethyl adjacent to an activating group) is 1. The number of nitrogens with zero attached hydrogens (tertiary/aromatic N) is 1. The minimum atomic E-state index is 0.174. The molecule has 0 atom stereocenters. The molecule has 3 nitrogen and oxygen atoms in total. The molecule has 0 saturated heterocycles. The largest absolute Gasteiger partial charge is 0.494 e. The molecule has 0 aliphatic rings. The van der Waals surface area contributed by atoms with Gasteiger partial charge in [0.2, 0.25) is 5.91 Å². The standard InChI is InChI=1S/C20H25NO2/c1-3-21(15-14-17-8-6-5-7-9-17)20(22)16-18-10-12-19(13-11-18)23-4-2/h5-13H,3-4,14-16H2,1-2H3. The van der Waals surface area contributed by atoms with Gasteiger partial charge in [-0.1, -0.05) is 42.5 Å². The Morgan fingerprint density at radius 2 is 1.65 bits per heavy atom. The van der Waals surface area contributed by atoms with Gasteiger partial charge in [-0.2, -0.15) is 0 Å². The van der Waals surface area contributed by atoms with Crippen molar-refractivity contribution >= 4 is 5.91 Å². The molecule has 0 aromatic heterocycles. The second-order valence-corrected chi connectivity index (χ2v) is 5.46. The highest BCUT2D eigenvalue weighted by Gasteiger charge is 2.12. The highest BCUT2D eigenvalue weighted by Crippen LogP contribution is 2.13. The summed E-state index contributed by atoms with van der Waals surface area (Å²) >= 11 is 0. The van der Waals surface area contributed by atoms with Crippen molar-refractivity contribution in [2.24, 2.45) is 0 Å². The third-order valence-electron chi connectivity index (χ3n) is 3.84. The van der Waals surface area contributed by atoms with Gasteiger partial charge in [-0.05, 0) is 43.5 Å². The lowest BCUT2D eigenvalue weighted by molar-refractivity contribution is -0.130. The van der Waals surface area contributed by atoms with Crippen LogP contribution in [0.4, 0.5) is 0 Å². The van der Waals surface area contributed by atoms with Crippen molar-refractivity contribution in [2.45, 2.75) is 26.7 Å². The molecule has 122 valence electrons.